The molecule has 1 heterocycles. The van der Waals surface area contributed by atoms with Gasteiger partial charge in [-0.05, 0) is 58.9 Å². The van der Waals surface area contributed by atoms with Crippen LogP contribution in [0.25, 0.3) is 11.3 Å². The van der Waals surface area contributed by atoms with Gasteiger partial charge in [0.2, 0.25) is 0 Å². The van der Waals surface area contributed by atoms with E-state index in [1.807, 2.05) is 26.0 Å². The van der Waals surface area contributed by atoms with E-state index in [2.05, 4.69) is 48.6 Å². The van der Waals surface area contributed by atoms with Gasteiger partial charge in [0.25, 0.3) is 0 Å². The molecule has 0 amide bonds. The highest BCUT2D eigenvalue weighted by Crippen LogP contribution is 2.24. The highest BCUT2D eigenvalue weighted by molar-refractivity contribution is 7.09. The first-order valence-electron chi connectivity index (χ1n) is 7.30. The lowest BCUT2D eigenvalue weighted by molar-refractivity contribution is 0.242. The molecule has 0 spiro atoms. The molecular weight excluding hydrogens is 280 g/mol. The number of thiazole rings is 1. The van der Waals surface area contributed by atoms with Crippen molar-refractivity contribution in [2.24, 2.45) is 0 Å². The summed E-state index contributed by atoms with van der Waals surface area (Å²) < 4.78 is 5.66. The Morgan fingerprint density at radius 3 is 2.43 bits per heavy atom. The molecule has 0 aliphatic rings. The molecule has 0 aliphatic heterocycles. The second-order valence-electron chi connectivity index (χ2n) is 6.42. The normalized spacial score (nSPS) is 11.9. The molecule has 4 heteroatoms. The van der Waals surface area contributed by atoms with Gasteiger partial charge in [0.15, 0.2) is 0 Å². The molecule has 1 aromatic carbocycles. The zero-order valence-corrected chi connectivity index (χ0v) is 14.3. The topological polar surface area (TPSA) is 34.1 Å². The number of rotatable bonds is 5. The van der Waals surface area contributed by atoms with E-state index in [0.717, 1.165) is 28.6 Å². The molecule has 0 atom stereocenters. The first-order chi connectivity index (χ1) is 9.83. The van der Waals surface area contributed by atoms with Crippen LogP contribution in [0.15, 0.2) is 29.6 Å². The maximum absolute atomic E-state index is 5.66. The highest BCUT2D eigenvalue weighted by atomic mass is 32.1. The van der Waals surface area contributed by atoms with Crippen molar-refractivity contribution in [2.45, 2.75) is 52.8 Å². The molecule has 0 saturated heterocycles. The first-order valence-corrected chi connectivity index (χ1v) is 8.18. The third kappa shape index (κ3) is 5.14. The van der Waals surface area contributed by atoms with Crippen LogP contribution in [0.5, 0.6) is 5.75 Å². The number of ether oxygens (including phenoxy) is 1. The van der Waals surface area contributed by atoms with Gasteiger partial charge in [-0.1, -0.05) is 0 Å². The van der Waals surface area contributed by atoms with E-state index in [0.29, 0.717) is 0 Å². The average molecular weight is 304 g/mol. The number of hydrogen-bond acceptors (Lipinski definition) is 4. The van der Waals surface area contributed by atoms with Crippen LogP contribution < -0.4 is 10.1 Å². The third-order valence-corrected chi connectivity index (χ3v) is 3.69. The molecule has 1 aromatic heterocycles. The highest BCUT2D eigenvalue weighted by Gasteiger charge is 2.11. The predicted octanol–water partition coefficient (Wildman–Crippen LogP) is 4.49. The van der Waals surface area contributed by atoms with Crippen molar-refractivity contribution in [3.05, 3.63) is 34.7 Å². The smallest absolute Gasteiger partial charge is 0.119 e. The van der Waals surface area contributed by atoms with E-state index < -0.39 is 0 Å². The summed E-state index contributed by atoms with van der Waals surface area (Å²) in [6.45, 7) is 11.4. The quantitative estimate of drug-likeness (QED) is 0.884. The number of nitrogens with zero attached hydrogens (tertiary/aromatic N) is 1. The molecule has 1 N–H and O–H groups in total. The van der Waals surface area contributed by atoms with Crippen LogP contribution in [0, 0.1) is 0 Å². The second kappa shape index (κ2) is 6.58. The Kier molecular flexibility index (Phi) is 5.01. The molecule has 2 aromatic rings. The molecule has 0 fully saturated rings. The zero-order valence-electron chi connectivity index (χ0n) is 13.4. The van der Waals surface area contributed by atoms with E-state index in [-0.39, 0.29) is 11.6 Å². The van der Waals surface area contributed by atoms with Crippen molar-refractivity contribution in [3.63, 3.8) is 0 Å². The Balaban J connectivity index is 2.03. The lowest BCUT2D eigenvalue weighted by Gasteiger charge is -2.19. The molecule has 0 radical (unpaired) electrons. The van der Waals surface area contributed by atoms with E-state index >= 15 is 0 Å². The molecule has 0 saturated carbocycles. The lowest BCUT2D eigenvalue weighted by Crippen LogP contribution is -2.34. The zero-order chi connectivity index (χ0) is 15.5. The molecule has 0 aliphatic carbocycles. The molecule has 2 rings (SSSR count). The van der Waals surface area contributed by atoms with Crippen LogP contribution in [-0.4, -0.2) is 16.6 Å². The standard InChI is InChI=1S/C17H24N2OS/c1-12(2)20-14-8-6-13(7-9-14)15-11-21-16(19-15)10-18-17(3,4)5/h6-9,11-12,18H,10H2,1-5H3. The van der Waals surface area contributed by atoms with Crippen LogP contribution in [0.3, 0.4) is 0 Å². The molecule has 21 heavy (non-hydrogen) atoms. The fourth-order valence-corrected chi connectivity index (χ4v) is 2.58. The van der Waals surface area contributed by atoms with Crippen molar-refractivity contribution in [3.8, 4) is 17.0 Å². The summed E-state index contributed by atoms with van der Waals surface area (Å²) in [6, 6.07) is 8.13. The van der Waals surface area contributed by atoms with Crippen molar-refractivity contribution in [1.82, 2.24) is 10.3 Å². The Bertz CT molecular complexity index is 567. The molecule has 114 valence electrons. The Hall–Kier alpha value is -1.39. The van der Waals surface area contributed by atoms with Crippen LogP contribution in [0.1, 0.15) is 39.6 Å². The number of nitrogens with one attached hydrogen (secondary N) is 1. The van der Waals surface area contributed by atoms with E-state index in [9.17, 15) is 0 Å². The van der Waals surface area contributed by atoms with E-state index in [4.69, 9.17) is 4.74 Å². The van der Waals surface area contributed by atoms with Crippen molar-refractivity contribution in [2.75, 3.05) is 0 Å². The van der Waals surface area contributed by atoms with Crippen molar-refractivity contribution in [1.29, 1.82) is 0 Å². The van der Waals surface area contributed by atoms with Gasteiger partial charge >= 0.3 is 0 Å². The maximum atomic E-state index is 5.66. The first kappa shape index (κ1) is 16.0. The summed E-state index contributed by atoms with van der Waals surface area (Å²) in [5.74, 6) is 0.901. The van der Waals surface area contributed by atoms with Crippen molar-refractivity contribution >= 4 is 11.3 Å². The molecular formula is C17H24N2OS. The van der Waals surface area contributed by atoms with E-state index in [1.54, 1.807) is 11.3 Å². The van der Waals surface area contributed by atoms with Gasteiger partial charge in [-0.25, -0.2) is 4.98 Å². The second-order valence-corrected chi connectivity index (χ2v) is 7.36. The minimum Gasteiger partial charge on any atom is -0.491 e. The monoisotopic (exact) mass is 304 g/mol. The summed E-state index contributed by atoms with van der Waals surface area (Å²) in [6.07, 6.45) is 0.199. The summed E-state index contributed by atoms with van der Waals surface area (Å²) >= 11 is 1.70. The largest absolute Gasteiger partial charge is 0.491 e. The SMILES string of the molecule is CC(C)Oc1ccc(-c2csc(CNC(C)(C)C)n2)cc1. The average Bonchev–Trinajstić information content (AvgIpc) is 2.84. The number of aromatic nitrogens is 1. The van der Waals surface area contributed by atoms with Gasteiger partial charge < -0.3 is 10.1 Å². The number of hydrogen-bond donors (Lipinski definition) is 1. The van der Waals surface area contributed by atoms with Crippen LogP contribution in [0.2, 0.25) is 0 Å². The lowest BCUT2D eigenvalue weighted by atomic mass is 10.1. The molecule has 0 bridgehead atoms. The van der Waals surface area contributed by atoms with Gasteiger partial charge in [-0.2, -0.15) is 0 Å². The summed E-state index contributed by atoms with van der Waals surface area (Å²) in [7, 11) is 0. The molecule has 3 nitrogen and oxygen atoms in total. The minimum absolute atomic E-state index is 0.113. The third-order valence-electron chi connectivity index (χ3n) is 2.84. The summed E-state index contributed by atoms with van der Waals surface area (Å²) in [4.78, 5) is 4.69. The van der Waals surface area contributed by atoms with E-state index in [1.165, 1.54) is 0 Å². The summed E-state index contributed by atoms with van der Waals surface area (Å²) in [5.41, 5.74) is 2.27. The number of benzene rings is 1. The Morgan fingerprint density at radius 2 is 1.86 bits per heavy atom. The van der Waals surface area contributed by atoms with Gasteiger partial charge in [0, 0.05) is 23.0 Å². The minimum atomic E-state index is 0.113. The maximum Gasteiger partial charge on any atom is 0.119 e. The van der Waals surface area contributed by atoms with Crippen LogP contribution >= 0.6 is 11.3 Å². The predicted molar refractivity (Wildman–Crippen MR) is 89.9 cm³/mol. The van der Waals surface area contributed by atoms with Crippen molar-refractivity contribution < 1.29 is 4.74 Å². The van der Waals surface area contributed by atoms with Gasteiger partial charge in [0.1, 0.15) is 10.8 Å². The van der Waals surface area contributed by atoms with Crippen LogP contribution in [-0.2, 0) is 6.54 Å². The van der Waals surface area contributed by atoms with Crippen LogP contribution in [0.4, 0.5) is 0 Å². The summed E-state index contributed by atoms with van der Waals surface area (Å²) in [5, 5.41) is 6.68. The molecule has 0 unspecified atom stereocenters. The fourth-order valence-electron chi connectivity index (χ4n) is 1.84. The Morgan fingerprint density at radius 1 is 1.19 bits per heavy atom. The van der Waals surface area contributed by atoms with Gasteiger partial charge in [0.05, 0.1) is 11.8 Å². The van der Waals surface area contributed by atoms with Gasteiger partial charge in [-0.15, -0.1) is 11.3 Å². The fraction of sp³-hybridized carbons (Fsp3) is 0.471. The Labute approximate surface area is 131 Å². The van der Waals surface area contributed by atoms with Gasteiger partial charge in [-0.3, -0.25) is 0 Å².